The van der Waals surface area contributed by atoms with Crippen LogP contribution in [0.5, 0.6) is 5.75 Å². The first-order valence-electron chi connectivity index (χ1n) is 10.0. The molecule has 0 radical (unpaired) electrons. The van der Waals surface area contributed by atoms with Crippen molar-refractivity contribution in [3.63, 3.8) is 0 Å². The van der Waals surface area contributed by atoms with E-state index in [2.05, 4.69) is 0 Å². The van der Waals surface area contributed by atoms with Crippen molar-refractivity contribution < 1.29 is 29.0 Å². The number of hydrogen-bond acceptors (Lipinski definition) is 6. The third kappa shape index (κ3) is 4.67. The number of Topliss-reactive ketones (excluding diaryl/α,β-unsaturated/α-hetero) is 1. The Kier molecular flexibility index (Phi) is 6.87. The maximum Gasteiger partial charge on any atom is 0.308 e. The number of hydrogen-bond donors (Lipinski definition) is 1. The molecule has 1 aliphatic heterocycles. The Balaban J connectivity index is 2.08. The zero-order chi connectivity index (χ0) is 22.5. The average Bonchev–Trinajstić information content (AvgIpc) is 3.02. The van der Waals surface area contributed by atoms with Gasteiger partial charge in [0.1, 0.15) is 11.5 Å². The maximum atomic E-state index is 12.9. The van der Waals surface area contributed by atoms with Gasteiger partial charge < -0.3 is 19.5 Å². The summed E-state index contributed by atoms with van der Waals surface area (Å²) < 4.78 is 10.2. The fourth-order valence-corrected chi connectivity index (χ4v) is 3.58. The van der Waals surface area contributed by atoms with E-state index in [-0.39, 0.29) is 24.5 Å². The fourth-order valence-electron chi connectivity index (χ4n) is 3.58. The lowest BCUT2D eigenvalue weighted by molar-refractivity contribution is -0.140. The molecule has 1 fully saturated rings. The molecular formula is C24H25NO6. The van der Waals surface area contributed by atoms with Crippen LogP contribution in [0.4, 0.5) is 0 Å². The number of rotatable bonds is 7. The zero-order valence-electron chi connectivity index (χ0n) is 17.8. The summed E-state index contributed by atoms with van der Waals surface area (Å²) in [4.78, 5) is 38.2. The van der Waals surface area contributed by atoms with Gasteiger partial charge in [-0.25, -0.2) is 0 Å². The van der Waals surface area contributed by atoms with Gasteiger partial charge in [0.05, 0.1) is 18.2 Å². The number of carbonyl (C=O) groups is 3. The van der Waals surface area contributed by atoms with Gasteiger partial charge in [0, 0.05) is 26.1 Å². The lowest BCUT2D eigenvalue weighted by Crippen LogP contribution is -2.32. The average molecular weight is 423 g/mol. The van der Waals surface area contributed by atoms with E-state index in [1.165, 1.54) is 18.9 Å². The number of carbonyl (C=O) groups excluding carboxylic acids is 3. The van der Waals surface area contributed by atoms with E-state index in [1.54, 1.807) is 36.4 Å². The Morgan fingerprint density at radius 3 is 2.26 bits per heavy atom. The second-order valence-corrected chi connectivity index (χ2v) is 7.20. The molecule has 1 heterocycles. The summed E-state index contributed by atoms with van der Waals surface area (Å²) in [6.45, 7) is 3.75. The molecule has 1 saturated heterocycles. The summed E-state index contributed by atoms with van der Waals surface area (Å²) in [5.74, 6) is -1.77. The first-order valence-corrected chi connectivity index (χ1v) is 10.0. The molecule has 7 heteroatoms. The van der Waals surface area contributed by atoms with Crippen LogP contribution in [0.15, 0.2) is 54.1 Å². The van der Waals surface area contributed by atoms with Crippen LogP contribution in [0, 0.1) is 0 Å². The van der Waals surface area contributed by atoms with Crippen LogP contribution in [-0.2, 0) is 25.5 Å². The van der Waals surface area contributed by atoms with E-state index in [0.29, 0.717) is 16.9 Å². The molecule has 3 rings (SSSR count). The van der Waals surface area contributed by atoms with Gasteiger partial charge in [0.2, 0.25) is 0 Å². The van der Waals surface area contributed by atoms with Gasteiger partial charge in [-0.2, -0.15) is 0 Å². The molecule has 1 unspecified atom stereocenters. The van der Waals surface area contributed by atoms with Crippen molar-refractivity contribution in [1.82, 2.24) is 4.90 Å². The van der Waals surface area contributed by atoms with E-state index in [9.17, 15) is 19.5 Å². The summed E-state index contributed by atoms with van der Waals surface area (Å²) in [5, 5.41) is 11.0. The molecule has 0 aromatic heterocycles. The molecule has 1 aliphatic rings. The number of ether oxygens (including phenoxy) is 2. The number of aryl methyl sites for hydroxylation is 1. The van der Waals surface area contributed by atoms with Crippen LogP contribution in [0.2, 0.25) is 0 Å². The molecular weight excluding hydrogens is 398 g/mol. The van der Waals surface area contributed by atoms with Crippen LogP contribution in [0.3, 0.4) is 0 Å². The van der Waals surface area contributed by atoms with E-state index in [0.717, 1.165) is 12.0 Å². The highest BCUT2D eigenvalue weighted by molar-refractivity contribution is 6.46. The van der Waals surface area contributed by atoms with Crippen LogP contribution in [0.1, 0.15) is 36.6 Å². The summed E-state index contributed by atoms with van der Waals surface area (Å²) in [7, 11) is 1.51. The lowest BCUT2D eigenvalue weighted by Gasteiger charge is -2.25. The van der Waals surface area contributed by atoms with Crippen LogP contribution in [0.25, 0.3) is 5.76 Å². The van der Waals surface area contributed by atoms with Gasteiger partial charge in [0.15, 0.2) is 0 Å². The summed E-state index contributed by atoms with van der Waals surface area (Å²) >= 11 is 0. The second-order valence-electron chi connectivity index (χ2n) is 7.20. The number of ketones is 1. The Hall–Kier alpha value is -3.45. The molecule has 1 N–H and O–H groups in total. The minimum absolute atomic E-state index is 0.0191. The third-order valence-corrected chi connectivity index (χ3v) is 5.17. The number of aliphatic hydroxyl groups is 1. The number of esters is 1. The monoisotopic (exact) mass is 423 g/mol. The molecule has 0 spiro atoms. The van der Waals surface area contributed by atoms with Crippen molar-refractivity contribution in [1.29, 1.82) is 0 Å². The predicted molar refractivity (Wildman–Crippen MR) is 114 cm³/mol. The molecule has 0 aliphatic carbocycles. The Morgan fingerprint density at radius 1 is 1.06 bits per heavy atom. The summed E-state index contributed by atoms with van der Waals surface area (Å²) in [5.41, 5.74) is 2.18. The maximum absolute atomic E-state index is 12.9. The topological polar surface area (TPSA) is 93.1 Å². The van der Waals surface area contributed by atoms with E-state index >= 15 is 0 Å². The highest BCUT2D eigenvalue weighted by Crippen LogP contribution is 2.39. The van der Waals surface area contributed by atoms with Crippen molar-refractivity contribution >= 4 is 23.4 Å². The molecule has 31 heavy (non-hydrogen) atoms. The number of nitrogens with zero attached hydrogens (tertiary/aromatic N) is 1. The number of aliphatic hydroxyl groups excluding tert-OH is 1. The quantitative estimate of drug-likeness (QED) is 0.242. The normalized spacial score (nSPS) is 17.8. The van der Waals surface area contributed by atoms with E-state index < -0.39 is 23.7 Å². The standard InChI is InChI=1S/C24H25NO6/c1-4-16-5-7-18(8-6-16)22(27)20-21(25(13-14-30-3)24(29)23(20)28)17-9-11-19(12-10-17)31-15(2)26/h5-12,21,27H,4,13-14H2,1-3H3/b22-20-. The van der Waals surface area contributed by atoms with Gasteiger partial charge in [-0.15, -0.1) is 0 Å². The van der Waals surface area contributed by atoms with Gasteiger partial charge in [-0.05, 0) is 29.7 Å². The molecule has 2 aromatic carbocycles. The Labute approximate surface area is 180 Å². The van der Waals surface area contributed by atoms with Gasteiger partial charge in [0.25, 0.3) is 11.7 Å². The highest BCUT2D eigenvalue weighted by Gasteiger charge is 2.45. The summed E-state index contributed by atoms with van der Waals surface area (Å²) in [6, 6.07) is 12.9. The lowest BCUT2D eigenvalue weighted by atomic mass is 9.95. The minimum Gasteiger partial charge on any atom is -0.507 e. The smallest absolute Gasteiger partial charge is 0.308 e. The third-order valence-electron chi connectivity index (χ3n) is 5.17. The second kappa shape index (κ2) is 9.57. The van der Waals surface area contributed by atoms with Crippen LogP contribution in [-0.4, -0.2) is 47.9 Å². The van der Waals surface area contributed by atoms with Gasteiger partial charge >= 0.3 is 5.97 Å². The van der Waals surface area contributed by atoms with Crippen LogP contribution >= 0.6 is 0 Å². The van der Waals surface area contributed by atoms with Crippen molar-refractivity contribution in [3.8, 4) is 5.75 Å². The summed E-state index contributed by atoms with van der Waals surface area (Å²) in [6.07, 6.45) is 0.844. The highest BCUT2D eigenvalue weighted by atomic mass is 16.5. The van der Waals surface area contributed by atoms with Crippen molar-refractivity contribution in [3.05, 3.63) is 70.8 Å². The van der Waals surface area contributed by atoms with Crippen molar-refractivity contribution in [2.75, 3.05) is 20.3 Å². The number of methoxy groups -OCH3 is 1. The minimum atomic E-state index is -0.785. The largest absolute Gasteiger partial charge is 0.507 e. The first-order chi connectivity index (χ1) is 14.9. The first kappa shape index (κ1) is 22.2. The number of benzene rings is 2. The molecule has 1 atom stereocenters. The van der Waals surface area contributed by atoms with Crippen molar-refractivity contribution in [2.45, 2.75) is 26.3 Å². The number of amides is 1. The SMILES string of the molecule is CCc1ccc(/C(O)=C2/C(=O)C(=O)N(CCOC)C2c2ccc(OC(C)=O)cc2)cc1. The molecule has 0 saturated carbocycles. The van der Waals surface area contributed by atoms with Crippen molar-refractivity contribution in [2.24, 2.45) is 0 Å². The Morgan fingerprint density at radius 2 is 1.71 bits per heavy atom. The number of likely N-dealkylation sites (tertiary alicyclic amines) is 1. The molecule has 162 valence electrons. The molecule has 2 aromatic rings. The van der Waals surface area contributed by atoms with Gasteiger partial charge in [-0.3, -0.25) is 14.4 Å². The molecule has 1 amide bonds. The molecule has 0 bridgehead atoms. The van der Waals surface area contributed by atoms with E-state index in [1.807, 2.05) is 19.1 Å². The molecule has 7 nitrogen and oxygen atoms in total. The Bertz CT molecular complexity index is 1010. The van der Waals surface area contributed by atoms with Crippen LogP contribution < -0.4 is 4.74 Å². The fraction of sp³-hybridized carbons (Fsp3) is 0.292. The predicted octanol–water partition coefficient (Wildman–Crippen LogP) is 3.24. The zero-order valence-corrected chi connectivity index (χ0v) is 17.8. The van der Waals surface area contributed by atoms with E-state index in [4.69, 9.17) is 9.47 Å². The van der Waals surface area contributed by atoms with Gasteiger partial charge in [-0.1, -0.05) is 43.3 Å².